The monoisotopic (exact) mass is 430 g/mol. The molecular formula is C24H26N6O2. The number of methoxy groups -OCH3 is 1. The van der Waals surface area contributed by atoms with Gasteiger partial charge in [0.25, 0.3) is 0 Å². The van der Waals surface area contributed by atoms with Crippen molar-refractivity contribution < 1.29 is 9.53 Å². The Morgan fingerprint density at radius 3 is 2.69 bits per heavy atom. The molecule has 8 heteroatoms. The highest BCUT2D eigenvalue weighted by atomic mass is 16.5. The molecule has 0 saturated carbocycles. The summed E-state index contributed by atoms with van der Waals surface area (Å²) < 4.78 is 5.18. The van der Waals surface area contributed by atoms with Crippen molar-refractivity contribution in [3.05, 3.63) is 72.1 Å². The first-order valence-electron chi connectivity index (χ1n) is 10.4. The van der Waals surface area contributed by atoms with Crippen LogP contribution in [0.1, 0.15) is 11.3 Å². The third kappa shape index (κ3) is 5.34. The van der Waals surface area contributed by atoms with E-state index in [1.165, 1.54) is 0 Å². The number of amides is 1. The van der Waals surface area contributed by atoms with Crippen molar-refractivity contribution in [3.63, 3.8) is 0 Å². The number of nitrogens with zero attached hydrogens (tertiary/aromatic N) is 2. The molecule has 0 unspecified atom stereocenters. The summed E-state index contributed by atoms with van der Waals surface area (Å²) in [4.78, 5) is 24.4. The average Bonchev–Trinajstić information content (AvgIpc) is 3.20. The molecule has 8 nitrogen and oxygen atoms in total. The van der Waals surface area contributed by atoms with Gasteiger partial charge in [-0.3, -0.25) is 4.79 Å². The largest absolute Gasteiger partial charge is 0.497 e. The van der Waals surface area contributed by atoms with Gasteiger partial charge in [-0.05, 0) is 42.8 Å². The number of carbonyl (C=O) groups is 1. The molecule has 0 spiro atoms. The van der Waals surface area contributed by atoms with E-state index < -0.39 is 0 Å². The number of nitrogens with one attached hydrogen (secondary N) is 4. The minimum Gasteiger partial charge on any atom is -0.497 e. The van der Waals surface area contributed by atoms with Crippen molar-refractivity contribution >= 4 is 34.3 Å². The van der Waals surface area contributed by atoms with Crippen molar-refractivity contribution in [2.45, 2.75) is 13.3 Å². The number of rotatable bonds is 9. The van der Waals surface area contributed by atoms with Gasteiger partial charge in [-0.1, -0.05) is 18.2 Å². The van der Waals surface area contributed by atoms with Crippen LogP contribution in [-0.2, 0) is 11.2 Å². The minimum absolute atomic E-state index is 0.0245. The lowest BCUT2D eigenvalue weighted by Gasteiger charge is -2.11. The van der Waals surface area contributed by atoms with E-state index in [1.807, 2.05) is 67.7 Å². The Morgan fingerprint density at radius 1 is 1.06 bits per heavy atom. The highest BCUT2D eigenvalue weighted by molar-refractivity contribution is 5.88. The highest BCUT2D eigenvalue weighted by Crippen LogP contribution is 2.20. The Labute approximate surface area is 186 Å². The van der Waals surface area contributed by atoms with Crippen LogP contribution in [0.5, 0.6) is 5.75 Å². The van der Waals surface area contributed by atoms with Crippen molar-refractivity contribution in [2.75, 3.05) is 30.8 Å². The Morgan fingerprint density at radius 2 is 1.88 bits per heavy atom. The molecule has 2 aromatic carbocycles. The number of fused-ring (bicyclic) bond motifs is 1. The number of carbonyl (C=O) groups excluding carboxylic acids is 1. The summed E-state index contributed by atoms with van der Waals surface area (Å²) in [5, 5.41) is 10.4. The molecule has 2 aromatic heterocycles. The molecule has 0 saturated heterocycles. The summed E-state index contributed by atoms with van der Waals surface area (Å²) in [7, 11) is 1.64. The first-order chi connectivity index (χ1) is 15.6. The molecule has 0 fully saturated rings. The van der Waals surface area contributed by atoms with E-state index in [9.17, 15) is 4.79 Å². The van der Waals surface area contributed by atoms with Crippen LogP contribution in [0.25, 0.3) is 10.9 Å². The second kappa shape index (κ2) is 9.82. The Bertz CT molecular complexity index is 1200. The van der Waals surface area contributed by atoms with Crippen molar-refractivity contribution in [1.29, 1.82) is 0 Å². The lowest BCUT2D eigenvalue weighted by atomic mass is 10.1. The first kappa shape index (κ1) is 21.2. The molecular weight excluding hydrogens is 404 g/mol. The Balaban J connectivity index is 1.27. The van der Waals surface area contributed by atoms with Crippen LogP contribution >= 0.6 is 0 Å². The van der Waals surface area contributed by atoms with Gasteiger partial charge in [0.2, 0.25) is 11.9 Å². The van der Waals surface area contributed by atoms with Crippen LogP contribution < -0.4 is 20.7 Å². The number of aromatic amines is 1. The minimum atomic E-state index is -0.0245. The van der Waals surface area contributed by atoms with Crippen molar-refractivity contribution in [3.8, 4) is 5.75 Å². The highest BCUT2D eigenvalue weighted by Gasteiger charge is 2.08. The first-order valence-corrected chi connectivity index (χ1v) is 10.4. The van der Waals surface area contributed by atoms with Gasteiger partial charge in [0.1, 0.15) is 11.6 Å². The molecule has 164 valence electrons. The lowest BCUT2D eigenvalue weighted by molar-refractivity contribution is -0.120. The molecule has 4 aromatic rings. The molecule has 0 aliphatic rings. The fraction of sp³-hybridized carbons (Fsp3) is 0.208. The molecule has 4 N–H and O–H groups in total. The van der Waals surface area contributed by atoms with Gasteiger partial charge in [-0.15, -0.1) is 0 Å². The predicted octanol–water partition coefficient (Wildman–Crippen LogP) is 3.79. The normalized spacial score (nSPS) is 10.7. The smallest absolute Gasteiger partial charge is 0.224 e. The molecule has 0 radical (unpaired) electrons. The summed E-state index contributed by atoms with van der Waals surface area (Å²) in [5.41, 5.74) is 3.76. The Kier molecular flexibility index (Phi) is 6.50. The molecule has 4 rings (SSSR count). The zero-order chi connectivity index (χ0) is 22.3. The van der Waals surface area contributed by atoms with E-state index in [-0.39, 0.29) is 5.91 Å². The Hall–Kier alpha value is -4.07. The quantitative estimate of drug-likeness (QED) is 0.301. The van der Waals surface area contributed by atoms with Crippen LogP contribution in [-0.4, -0.2) is 41.1 Å². The molecule has 1 amide bonds. The molecule has 2 heterocycles. The summed E-state index contributed by atoms with van der Waals surface area (Å²) in [6.07, 6.45) is 2.22. The van der Waals surface area contributed by atoms with Crippen LogP contribution in [0.15, 0.2) is 60.8 Å². The van der Waals surface area contributed by atoms with Crippen LogP contribution in [0.2, 0.25) is 0 Å². The number of benzene rings is 2. The molecule has 32 heavy (non-hydrogen) atoms. The third-order valence-electron chi connectivity index (χ3n) is 4.97. The molecule has 0 bridgehead atoms. The SMILES string of the molecule is COc1ccc(Nc2cc(C)nc(NCCNC(=O)Cc3c[nH]c4ccccc34)n2)cc1. The topological polar surface area (TPSA) is 104 Å². The van der Waals surface area contributed by atoms with Crippen LogP contribution in [0.4, 0.5) is 17.5 Å². The van der Waals surface area contributed by atoms with Gasteiger partial charge in [0.15, 0.2) is 0 Å². The molecule has 0 atom stereocenters. The van der Waals surface area contributed by atoms with Gasteiger partial charge >= 0.3 is 0 Å². The lowest BCUT2D eigenvalue weighted by Crippen LogP contribution is -2.30. The molecule has 0 aliphatic heterocycles. The summed E-state index contributed by atoms with van der Waals surface area (Å²) in [6.45, 7) is 2.90. The van der Waals surface area contributed by atoms with Gasteiger partial charge in [-0.25, -0.2) is 4.98 Å². The van der Waals surface area contributed by atoms with E-state index in [2.05, 4.69) is 30.9 Å². The average molecular weight is 431 g/mol. The fourth-order valence-corrected chi connectivity index (χ4v) is 3.42. The number of aryl methyl sites for hydroxylation is 1. The number of hydrogen-bond acceptors (Lipinski definition) is 6. The van der Waals surface area contributed by atoms with E-state index in [1.54, 1.807) is 7.11 Å². The van der Waals surface area contributed by atoms with E-state index >= 15 is 0 Å². The number of anilines is 3. The maximum atomic E-state index is 12.3. The fourth-order valence-electron chi connectivity index (χ4n) is 3.42. The van der Waals surface area contributed by atoms with Gasteiger partial charge < -0.3 is 25.7 Å². The summed E-state index contributed by atoms with van der Waals surface area (Å²) in [6, 6.07) is 17.4. The zero-order valence-electron chi connectivity index (χ0n) is 18.1. The zero-order valence-corrected chi connectivity index (χ0v) is 18.1. The van der Waals surface area contributed by atoms with Crippen LogP contribution in [0, 0.1) is 6.92 Å². The van der Waals surface area contributed by atoms with E-state index in [0.29, 0.717) is 31.3 Å². The predicted molar refractivity (Wildman–Crippen MR) is 127 cm³/mol. The second-order valence-corrected chi connectivity index (χ2v) is 7.38. The van der Waals surface area contributed by atoms with Crippen LogP contribution in [0.3, 0.4) is 0 Å². The van der Waals surface area contributed by atoms with Crippen molar-refractivity contribution in [1.82, 2.24) is 20.3 Å². The van der Waals surface area contributed by atoms with Gasteiger partial charge in [0, 0.05) is 47.6 Å². The second-order valence-electron chi connectivity index (χ2n) is 7.38. The summed E-state index contributed by atoms with van der Waals surface area (Å²) >= 11 is 0. The van der Waals surface area contributed by atoms with Crippen molar-refractivity contribution in [2.24, 2.45) is 0 Å². The standard InChI is InChI=1S/C24H26N6O2/c1-16-13-22(29-18-7-9-19(32-2)10-8-18)30-24(28-16)26-12-11-25-23(31)14-17-15-27-21-6-4-3-5-20(17)21/h3-10,13,15,27H,11-12,14H2,1-2H3,(H,25,31)(H2,26,28,29,30). The maximum absolute atomic E-state index is 12.3. The van der Waals surface area contributed by atoms with E-state index in [0.717, 1.165) is 33.6 Å². The van der Waals surface area contributed by atoms with Gasteiger partial charge in [-0.2, -0.15) is 4.98 Å². The third-order valence-corrected chi connectivity index (χ3v) is 4.97. The number of H-pyrrole nitrogens is 1. The number of para-hydroxylation sites is 1. The summed E-state index contributed by atoms with van der Waals surface area (Å²) in [5.74, 6) is 1.97. The number of hydrogen-bond donors (Lipinski definition) is 4. The van der Waals surface area contributed by atoms with E-state index in [4.69, 9.17) is 4.74 Å². The number of aromatic nitrogens is 3. The maximum Gasteiger partial charge on any atom is 0.224 e. The molecule has 0 aliphatic carbocycles. The number of ether oxygens (including phenoxy) is 1. The van der Waals surface area contributed by atoms with Gasteiger partial charge in [0.05, 0.1) is 13.5 Å².